The van der Waals surface area contributed by atoms with Crippen LogP contribution in [0, 0.1) is 0 Å². The van der Waals surface area contributed by atoms with Crippen molar-refractivity contribution >= 4 is 15.9 Å². The molecule has 0 saturated carbocycles. The van der Waals surface area contributed by atoms with Crippen LogP contribution in [0.25, 0.3) is 0 Å². The highest BCUT2D eigenvalue weighted by atomic mass is 79.9. The average Bonchev–Trinajstić information content (AvgIpc) is 2.37. The summed E-state index contributed by atoms with van der Waals surface area (Å²) in [7, 11) is 0. The molecule has 112 valence electrons. The molecule has 1 aromatic rings. The number of halogens is 4. The van der Waals surface area contributed by atoms with Gasteiger partial charge in [-0.1, -0.05) is 34.8 Å². The molecular formula is C15H18BrF3O. The second kappa shape index (κ2) is 7.84. The Bertz CT molecular complexity index is 443. The molecule has 5 heteroatoms. The number of unbranched alkanes of at least 4 members (excludes halogenated alkanes) is 3. The first-order valence-corrected chi connectivity index (χ1v) is 7.31. The van der Waals surface area contributed by atoms with Gasteiger partial charge in [0, 0.05) is 4.47 Å². The van der Waals surface area contributed by atoms with Crippen molar-refractivity contribution in [3.05, 3.63) is 46.5 Å². The van der Waals surface area contributed by atoms with Gasteiger partial charge in [-0.3, -0.25) is 0 Å². The SMILES string of the molecule is C=CCCCCCC(O)c1cc(C(F)(F)F)ccc1Br. The van der Waals surface area contributed by atoms with Gasteiger partial charge >= 0.3 is 6.18 Å². The maximum absolute atomic E-state index is 12.6. The fourth-order valence-corrected chi connectivity index (χ4v) is 2.44. The molecule has 0 radical (unpaired) electrons. The summed E-state index contributed by atoms with van der Waals surface area (Å²) >= 11 is 3.19. The molecule has 1 atom stereocenters. The molecule has 0 amide bonds. The Morgan fingerprint density at radius 2 is 1.95 bits per heavy atom. The van der Waals surface area contributed by atoms with E-state index in [0.717, 1.165) is 37.8 Å². The first-order valence-electron chi connectivity index (χ1n) is 6.52. The molecular weight excluding hydrogens is 333 g/mol. The van der Waals surface area contributed by atoms with Gasteiger partial charge in [-0.2, -0.15) is 13.2 Å². The van der Waals surface area contributed by atoms with Crippen LogP contribution in [0.1, 0.15) is 49.3 Å². The van der Waals surface area contributed by atoms with Crippen molar-refractivity contribution in [3.8, 4) is 0 Å². The van der Waals surface area contributed by atoms with E-state index in [1.54, 1.807) is 0 Å². The van der Waals surface area contributed by atoms with E-state index < -0.39 is 17.8 Å². The highest BCUT2D eigenvalue weighted by Crippen LogP contribution is 2.35. The molecule has 0 spiro atoms. The summed E-state index contributed by atoms with van der Waals surface area (Å²) in [6, 6.07) is 3.35. The summed E-state index contributed by atoms with van der Waals surface area (Å²) in [5, 5.41) is 10.0. The van der Waals surface area contributed by atoms with Crippen molar-refractivity contribution < 1.29 is 18.3 Å². The molecule has 0 saturated heterocycles. The van der Waals surface area contributed by atoms with Crippen LogP contribution in [0.2, 0.25) is 0 Å². The number of allylic oxidation sites excluding steroid dienone is 1. The van der Waals surface area contributed by atoms with Crippen molar-refractivity contribution in [2.45, 2.75) is 44.4 Å². The minimum atomic E-state index is -4.39. The highest BCUT2D eigenvalue weighted by molar-refractivity contribution is 9.10. The van der Waals surface area contributed by atoms with Gasteiger partial charge in [-0.15, -0.1) is 6.58 Å². The Hall–Kier alpha value is -0.810. The molecule has 0 aliphatic heterocycles. The molecule has 1 N–H and O–H groups in total. The van der Waals surface area contributed by atoms with Gasteiger partial charge in [0.1, 0.15) is 0 Å². The van der Waals surface area contributed by atoms with Gasteiger partial charge in [0.15, 0.2) is 0 Å². The zero-order valence-corrected chi connectivity index (χ0v) is 12.7. The first-order chi connectivity index (χ1) is 9.36. The van der Waals surface area contributed by atoms with Crippen LogP contribution < -0.4 is 0 Å². The Morgan fingerprint density at radius 3 is 2.55 bits per heavy atom. The predicted molar refractivity (Wildman–Crippen MR) is 77.4 cm³/mol. The van der Waals surface area contributed by atoms with Gasteiger partial charge in [-0.25, -0.2) is 0 Å². The van der Waals surface area contributed by atoms with E-state index in [2.05, 4.69) is 22.5 Å². The monoisotopic (exact) mass is 350 g/mol. The summed E-state index contributed by atoms with van der Waals surface area (Å²) in [6.45, 7) is 3.62. The lowest BCUT2D eigenvalue weighted by molar-refractivity contribution is -0.137. The molecule has 0 fully saturated rings. The molecule has 1 nitrogen and oxygen atoms in total. The van der Waals surface area contributed by atoms with Crippen LogP contribution in [0.4, 0.5) is 13.2 Å². The lowest BCUT2D eigenvalue weighted by atomic mass is 10.0. The lowest BCUT2D eigenvalue weighted by Crippen LogP contribution is -2.07. The molecule has 0 aliphatic carbocycles. The van der Waals surface area contributed by atoms with E-state index in [1.165, 1.54) is 6.07 Å². The second-order valence-corrected chi connectivity index (χ2v) is 5.53. The van der Waals surface area contributed by atoms with Crippen LogP contribution in [-0.2, 0) is 6.18 Å². The third-order valence-electron chi connectivity index (χ3n) is 3.07. The van der Waals surface area contributed by atoms with E-state index in [1.807, 2.05) is 6.08 Å². The minimum absolute atomic E-state index is 0.295. The topological polar surface area (TPSA) is 20.2 Å². The summed E-state index contributed by atoms with van der Waals surface area (Å²) in [5.41, 5.74) is -0.440. The van der Waals surface area contributed by atoms with E-state index in [4.69, 9.17) is 0 Å². The summed E-state index contributed by atoms with van der Waals surface area (Å²) in [6.07, 6.45) is 0.631. The fraction of sp³-hybridized carbons (Fsp3) is 0.467. The van der Waals surface area contributed by atoms with Gasteiger partial charge in [0.25, 0.3) is 0 Å². The van der Waals surface area contributed by atoms with Crippen molar-refractivity contribution in [2.75, 3.05) is 0 Å². The second-order valence-electron chi connectivity index (χ2n) is 4.68. The van der Waals surface area contributed by atoms with Crippen LogP contribution in [-0.4, -0.2) is 5.11 Å². The molecule has 1 unspecified atom stereocenters. The number of aliphatic hydroxyl groups excluding tert-OH is 1. The first kappa shape index (κ1) is 17.2. The Kier molecular flexibility index (Phi) is 6.76. The maximum Gasteiger partial charge on any atom is 0.416 e. The van der Waals surface area contributed by atoms with Crippen molar-refractivity contribution in [1.29, 1.82) is 0 Å². The van der Waals surface area contributed by atoms with Crippen molar-refractivity contribution in [2.24, 2.45) is 0 Å². The van der Waals surface area contributed by atoms with Crippen LogP contribution in [0.5, 0.6) is 0 Å². The van der Waals surface area contributed by atoms with Gasteiger partial charge < -0.3 is 5.11 Å². The van der Waals surface area contributed by atoms with Gasteiger partial charge in [0.05, 0.1) is 11.7 Å². The van der Waals surface area contributed by atoms with Crippen molar-refractivity contribution in [1.82, 2.24) is 0 Å². The molecule has 20 heavy (non-hydrogen) atoms. The third-order valence-corrected chi connectivity index (χ3v) is 3.79. The zero-order chi connectivity index (χ0) is 15.2. The largest absolute Gasteiger partial charge is 0.416 e. The number of hydrogen-bond donors (Lipinski definition) is 1. The number of rotatable bonds is 7. The number of benzene rings is 1. The molecule has 0 heterocycles. The molecule has 1 rings (SSSR count). The number of aliphatic hydroxyl groups is 1. The van der Waals surface area contributed by atoms with E-state index in [9.17, 15) is 18.3 Å². The fourth-order valence-electron chi connectivity index (χ4n) is 1.93. The number of alkyl halides is 3. The van der Waals surface area contributed by atoms with E-state index in [-0.39, 0.29) is 0 Å². The highest BCUT2D eigenvalue weighted by Gasteiger charge is 2.31. The van der Waals surface area contributed by atoms with E-state index >= 15 is 0 Å². The Labute approximate surface area is 125 Å². The predicted octanol–water partition coefficient (Wildman–Crippen LogP) is 5.64. The van der Waals surface area contributed by atoms with Crippen LogP contribution in [0.3, 0.4) is 0 Å². The van der Waals surface area contributed by atoms with Crippen LogP contribution in [0.15, 0.2) is 35.3 Å². The quantitative estimate of drug-likeness (QED) is 0.498. The molecule has 1 aromatic carbocycles. The molecule has 0 aliphatic rings. The summed E-state index contributed by atoms with van der Waals surface area (Å²) < 4.78 is 38.4. The van der Waals surface area contributed by atoms with Gasteiger partial charge in [0.2, 0.25) is 0 Å². The van der Waals surface area contributed by atoms with Crippen LogP contribution >= 0.6 is 15.9 Å². The molecule has 0 bridgehead atoms. The Balaban J connectivity index is 2.67. The normalized spacial score (nSPS) is 13.2. The Morgan fingerprint density at radius 1 is 1.25 bits per heavy atom. The van der Waals surface area contributed by atoms with Crippen molar-refractivity contribution in [3.63, 3.8) is 0 Å². The summed E-state index contributed by atoms with van der Waals surface area (Å²) in [4.78, 5) is 0. The lowest BCUT2D eigenvalue weighted by Gasteiger charge is -2.15. The molecule has 0 aromatic heterocycles. The minimum Gasteiger partial charge on any atom is -0.388 e. The van der Waals surface area contributed by atoms with Gasteiger partial charge in [-0.05, 0) is 43.0 Å². The average molecular weight is 351 g/mol. The zero-order valence-electron chi connectivity index (χ0n) is 11.1. The third kappa shape index (κ3) is 5.29. The maximum atomic E-state index is 12.6. The standard InChI is InChI=1S/C15H18BrF3O/c1-2-3-4-5-6-7-14(20)12-10-11(15(17,18)19)8-9-13(12)16/h2,8-10,14,20H,1,3-7H2. The summed E-state index contributed by atoms with van der Waals surface area (Å²) in [5.74, 6) is 0. The number of hydrogen-bond acceptors (Lipinski definition) is 1. The van der Waals surface area contributed by atoms with E-state index in [0.29, 0.717) is 16.5 Å². The smallest absolute Gasteiger partial charge is 0.388 e.